The molecule has 162 valence electrons. The van der Waals surface area contributed by atoms with Crippen LogP contribution in [0.15, 0.2) is 0 Å². The summed E-state index contributed by atoms with van der Waals surface area (Å²) in [7, 11) is 1.65. The Morgan fingerprint density at radius 3 is 1.89 bits per heavy atom. The average Bonchev–Trinajstić information content (AvgIpc) is 3.19. The third-order valence-corrected chi connectivity index (χ3v) is 4.01. The fourth-order valence-electron chi connectivity index (χ4n) is 2.37. The van der Waals surface area contributed by atoms with Crippen LogP contribution < -0.4 is 5.32 Å². The molecular formula is C20H41NO6. The number of hydrogen-bond acceptors (Lipinski definition) is 7. The van der Waals surface area contributed by atoms with Gasteiger partial charge in [-0.2, -0.15) is 0 Å². The molecule has 0 spiro atoms. The van der Waals surface area contributed by atoms with Gasteiger partial charge in [-0.1, -0.05) is 6.92 Å². The Kier molecular flexibility index (Phi) is 21.3. The maximum absolute atomic E-state index is 10.6. The smallest absolute Gasteiger partial charge is 0.132 e. The van der Waals surface area contributed by atoms with Gasteiger partial charge >= 0.3 is 0 Å². The minimum Gasteiger partial charge on any atom is -0.382 e. The molecule has 1 atom stereocenters. The Morgan fingerprint density at radius 2 is 1.44 bits per heavy atom. The minimum atomic E-state index is 0.144. The van der Waals surface area contributed by atoms with E-state index >= 15 is 0 Å². The molecule has 0 aromatic heterocycles. The third-order valence-electron chi connectivity index (χ3n) is 4.01. The molecule has 1 aliphatic rings. The Bertz CT molecular complexity index is 311. The summed E-state index contributed by atoms with van der Waals surface area (Å²) in [5.74, 6) is 0.144. The molecule has 0 aromatic rings. The van der Waals surface area contributed by atoms with Gasteiger partial charge in [0.2, 0.25) is 0 Å². The number of hydrogen-bond donors (Lipinski definition) is 1. The Morgan fingerprint density at radius 1 is 0.889 bits per heavy atom. The van der Waals surface area contributed by atoms with Gasteiger partial charge in [0.05, 0.1) is 46.2 Å². The second-order valence-electron chi connectivity index (χ2n) is 6.45. The molecule has 7 nitrogen and oxygen atoms in total. The molecule has 1 N–H and O–H groups in total. The van der Waals surface area contributed by atoms with E-state index in [9.17, 15) is 4.79 Å². The van der Waals surface area contributed by atoms with E-state index in [0.717, 1.165) is 12.5 Å². The second kappa shape index (κ2) is 21.7. The lowest BCUT2D eigenvalue weighted by atomic mass is 10.2. The molecule has 0 aromatic carbocycles. The van der Waals surface area contributed by atoms with E-state index < -0.39 is 0 Å². The SMILES string of the molecule is CCC1CCCN1.COCCOCCCOCCOCCOCCC(C)=O. The van der Waals surface area contributed by atoms with E-state index in [1.807, 2.05) is 0 Å². The third kappa shape index (κ3) is 21.6. The lowest BCUT2D eigenvalue weighted by Gasteiger charge is -2.07. The molecule has 1 saturated heterocycles. The number of methoxy groups -OCH3 is 1. The molecule has 0 amide bonds. The predicted octanol–water partition coefficient (Wildman–Crippen LogP) is 2.22. The van der Waals surface area contributed by atoms with Gasteiger partial charge in [0, 0.05) is 32.8 Å². The van der Waals surface area contributed by atoms with Gasteiger partial charge < -0.3 is 29.0 Å². The van der Waals surface area contributed by atoms with Crippen LogP contribution in [0, 0.1) is 0 Å². The Labute approximate surface area is 165 Å². The van der Waals surface area contributed by atoms with Gasteiger partial charge in [0.1, 0.15) is 5.78 Å². The van der Waals surface area contributed by atoms with Gasteiger partial charge in [-0.25, -0.2) is 0 Å². The van der Waals surface area contributed by atoms with Crippen LogP contribution in [0.4, 0.5) is 0 Å². The lowest BCUT2D eigenvalue weighted by molar-refractivity contribution is -0.118. The average molecular weight is 392 g/mol. The van der Waals surface area contributed by atoms with Crippen LogP contribution in [0.2, 0.25) is 0 Å². The van der Waals surface area contributed by atoms with Crippen molar-refractivity contribution in [2.75, 3.05) is 73.1 Å². The highest BCUT2D eigenvalue weighted by Gasteiger charge is 2.09. The van der Waals surface area contributed by atoms with Gasteiger partial charge in [-0.15, -0.1) is 0 Å². The van der Waals surface area contributed by atoms with Crippen molar-refractivity contribution in [3.8, 4) is 0 Å². The van der Waals surface area contributed by atoms with Crippen molar-refractivity contribution in [2.24, 2.45) is 0 Å². The zero-order chi connectivity index (χ0) is 20.0. The van der Waals surface area contributed by atoms with E-state index in [2.05, 4.69) is 12.2 Å². The van der Waals surface area contributed by atoms with Crippen molar-refractivity contribution in [2.45, 2.75) is 52.0 Å². The lowest BCUT2D eigenvalue weighted by Crippen LogP contribution is -2.19. The maximum Gasteiger partial charge on any atom is 0.132 e. The maximum atomic E-state index is 10.6. The quantitative estimate of drug-likeness (QED) is 0.381. The summed E-state index contributed by atoms with van der Waals surface area (Å²) in [4.78, 5) is 10.6. The number of Topliss-reactive ketones (excluding diaryl/α,β-unsaturated/α-hetero) is 1. The fourth-order valence-corrected chi connectivity index (χ4v) is 2.37. The molecule has 0 bridgehead atoms. The summed E-state index contributed by atoms with van der Waals surface area (Å²) in [5, 5.41) is 3.41. The van der Waals surface area contributed by atoms with Crippen molar-refractivity contribution >= 4 is 5.78 Å². The summed E-state index contributed by atoms with van der Waals surface area (Å²) in [6.07, 6.45) is 5.43. The first-order valence-electron chi connectivity index (χ1n) is 10.2. The van der Waals surface area contributed by atoms with Gasteiger partial charge in [0.25, 0.3) is 0 Å². The number of carbonyl (C=O) groups excluding carboxylic acids is 1. The number of carbonyl (C=O) groups is 1. The normalized spacial score (nSPS) is 16.2. The molecule has 0 saturated carbocycles. The van der Waals surface area contributed by atoms with Gasteiger partial charge in [0.15, 0.2) is 0 Å². The number of ketones is 1. The van der Waals surface area contributed by atoms with E-state index in [1.54, 1.807) is 14.0 Å². The first-order chi connectivity index (χ1) is 13.2. The molecule has 0 radical (unpaired) electrons. The topological polar surface area (TPSA) is 75.2 Å². The van der Waals surface area contributed by atoms with Gasteiger partial charge in [-0.05, 0) is 39.2 Å². The van der Waals surface area contributed by atoms with Crippen LogP contribution in [-0.4, -0.2) is 84.9 Å². The van der Waals surface area contributed by atoms with Crippen molar-refractivity contribution in [3.63, 3.8) is 0 Å². The molecule has 1 fully saturated rings. The first kappa shape index (κ1) is 26.4. The van der Waals surface area contributed by atoms with E-state index in [1.165, 1.54) is 25.8 Å². The van der Waals surface area contributed by atoms with Crippen molar-refractivity contribution in [1.29, 1.82) is 0 Å². The molecular weight excluding hydrogens is 350 g/mol. The molecule has 1 aliphatic heterocycles. The second-order valence-corrected chi connectivity index (χ2v) is 6.45. The van der Waals surface area contributed by atoms with Crippen molar-refractivity contribution in [1.82, 2.24) is 5.32 Å². The summed E-state index contributed by atoms with van der Waals surface area (Å²) < 4.78 is 26.1. The van der Waals surface area contributed by atoms with E-state index in [4.69, 9.17) is 23.7 Å². The van der Waals surface area contributed by atoms with Crippen LogP contribution in [0.1, 0.15) is 46.0 Å². The van der Waals surface area contributed by atoms with E-state index in [-0.39, 0.29) is 5.78 Å². The molecule has 0 aliphatic carbocycles. The Hall–Kier alpha value is -0.570. The molecule has 1 rings (SSSR count). The van der Waals surface area contributed by atoms with Crippen LogP contribution >= 0.6 is 0 Å². The number of ether oxygens (including phenoxy) is 5. The first-order valence-corrected chi connectivity index (χ1v) is 10.2. The minimum absolute atomic E-state index is 0.144. The van der Waals surface area contributed by atoms with E-state index in [0.29, 0.717) is 65.9 Å². The monoisotopic (exact) mass is 391 g/mol. The fraction of sp³-hybridized carbons (Fsp3) is 0.950. The summed E-state index contributed by atoms with van der Waals surface area (Å²) in [6, 6.07) is 0.847. The summed E-state index contributed by atoms with van der Waals surface area (Å²) >= 11 is 0. The van der Waals surface area contributed by atoms with Crippen LogP contribution in [0.3, 0.4) is 0 Å². The zero-order valence-electron chi connectivity index (χ0n) is 17.6. The zero-order valence-corrected chi connectivity index (χ0v) is 17.6. The van der Waals surface area contributed by atoms with Gasteiger partial charge in [-0.3, -0.25) is 4.79 Å². The summed E-state index contributed by atoms with van der Waals surface area (Å²) in [5.41, 5.74) is 0. The number of rotatable bonds is 17. The molecule has 27 heavy (non-hydrogen) atoms. The number of nitrogens with one attached hydrogen (secondary N) is 1. The predicted molar refractivity (Wildman–Crippen MR) is 106 cm³/mol. The standard InChI is InChI=1S/C14H28O6.C6H13N/c1-14(15)4-7-19-11-13-20-12-10-18-6-3-5-17-9-8-16-2;1-2-6-4-3-5-7-6/h3-13H2,1-2H3;6-7H,2-5H2,1H3. The highest BCUT2D eigenvalue weighted by atomic mass is 16.5. The molecule has 1 unspecified atom stereocenters. The van der Waals surface area contributed by atoms with Crippen molar-refractivity contribution in [3.05, 3.63) is 0 Å². The Balaban J connectivity index is 0.000000797. The molecule has 1 heterocycles. The van der Waals surface area contributed by atoms with Crippen molar-refractivity contribution < 1.29 is 28.5 Å². The van der Waals surface area contributed by atoms with Crippen LogP contribution in [0.25, 0.3) is 0 Å². The highest BCUT2D eigenvalue weighted by Crippen LogP contribution is 2.06. The summed E-state index contributed by atoms with van der Waals surface area (Å²) in [6.45, 7) is 10.3. The van der Waals surface area contributed by atoms with Crippen LogP contribution in [-0.2, 0) is 28.5 Å². The molecule has 7 heteroatoms. The van der Waals surface area contributed by atoms with Crippen LogP contribution in [0.5, 0.6) is 0 Å². The largest absolute Gasteiger partial charge is 0.382 e. The highest BCUT2D eigenvalue weighted by molar-refractivity contribution is 5.75.